The molecule has 1 aromatic carbocycles. The maximum absolute atomic E-state index is 5.91. The minimum absolute atomic E-state index is 0.00775. The predicted octanol–water partition coefficient (Wildman–Crippen LogP) is 2.21. The molecule has 0 saturated heterocycles. The fourth-order valence-corrected chi connectivity index (χ4v) is 2.24. The SMILES string of the molecule is CCNC(=NCC(C)Oc1cccc(C)c1)NCCn1cccn1. The van der Waals surface area contributed by atoms with Crippen LogP contribution in [0.25, 0.3) is 0 Å². The van der Waals surface area contributed by atoms with Crippen LogP contribution in [-0.4, -0.2) is 41.5 Å². The molecule has 6 nitrogen and oxygen atoms in total. The lowest BCUT2D eigenvalue weighted by Crippen LogP contribution is -2.39. The number of nitrogens with zero attached hydrogens (tertiary/aromatic N) is 3. The van der Waals surface area contributed by atoms with Crippen molar-refractivity contribution in [3.63, 3.8) is 0 Å². The van der Waals surface area contributed by atoms with Crippen molar-refractivity contribution >= 4 is 5.96 Å². The summed E-state index contributed by atoms with van der Waals surface area (Å²) in [6, 6.07) is 9.99. The molecule has 0 aliphatic rings. The van der Waals surface area contributed by atoms with Gasteiger partial charge in [0.2, 0.25) is 0 Å². The van der Waals surface area contributed by atoms with Gasteiger partial charge in [0.1, 0.15) is 11.9 Å². The van der Waals surface area contributed by atoms with Crippen LogP contribution < -0.4 is 15.4 Å². The standard InChI is InChI=1S/C18H27N5O/c1-4-19-18(20-10-12-23-11-6-9-22-23)21-14-16(3)24-17-8-5-7-15(2)13-17/h5-9,11,13,16H,4,10,12,14H2,1-3H3,(H2,19,20,21). The molecule has 0 aliphatic carbocycles. The van der Waals surface area contributed by atoms with Gasteiger partial charge in [-0.15, -0.1) is 0 Å². The average molecular weight is 329 g/mol. The van der Waals surface area contributed by atoms with Crippen LogP contribution in [-0.2, 0) is 6.54 Å². The van der Waals surface area contributed by atoms with Gasteiger partial charge in [0.25, 0.3) is 0 Å². The number of hydrogen-bond acceptors (Lipinski definition) is 3. The molecule has 2 N–H and O–H groups in total. The van der Waals surface area contributed by atoms with Crippen molar-refractivity contribution in [1.29, 1.82) is 0 Å². The van der Waals surface area contributed by atoms with Crippen molar-refractivity contribution < 1.29 is 4.74 Å². The fourth-order valence-electron chi connectivity index (χ4n) is 2.24. The van der Waals surface area contributed by atoms with Crippen LogP contribution in [0.15, 0.2) is 47.7 Å². The Balaban J connectivity index is 1.80. The van der Waals surface area contributed by atoms with Crippen LogP contribution in [0.4, 0.5) is 0 Å². The lowest BCUT2D eigenvalue weighted by atomic mass is 10.2. The van der Waals surface area contributed by atoms with E-state index < -0.39 is 0 Å². The largest absolute Gasteiger partial charge is 0.489 e. The molecule has 0 spiro atoms. The molecule has 24 heavy (non-hydrogen) atoms. The summed E-state index contributed by atoms with van der Waals surface area (Å²) in [5, 5.41) is 10.7. The lowest BCUT2D eigenvalue weighted by molar-refractivity contribution is 0.230. The number of nitrogens with one attached hydrogen (secondary N) is 2. The van der Waals surface area contributed by atoms with Crippen molar-refractivity contribution in [2.24, 2.45) is 4.99 Å². The first-order valence-corrected chi connectivity index (χ1v) is 8.40. The number of aryl methyl sites for hydroxylation is 1. The van der Waals surface area contributed by atoms with Crippen LogP contribution in [0, 0.1) is 6.92 Å². The lowest BCUT2D eigenvalue weighted by Gasteiger charge is -2.15. The Morgan fingerprint density at radius 1 is 1.33 bits per heavy atom. The van der Waals surface area contributed by atoms with E-state index in [2.05, 4.69) is 40.6 Å². The summed E-state index contributed by atoms with van der Waals surface area (Å²) in [6.07, 6.45) is 3.74. The van der Waals surface area contributed by atoms with Gasteiger partial charge in [0, 0.05) is 25.5 Å². The van der Waals surface area contributed by atoms with E-state index in [1.165, 1.54) is 5.56 Å². The van der Waals surface area contributed by atoms with Gasteiger partial charge in [-0.2, -0.15) is 5.10 Å². The normalized spacial score (nSPS) is 12.7. The second-order valence-corrected chi connectivity index (χ2v) is 5.66. The van der Waals surface area contributed by atoms with E-state index >= 15 is 0 Å². The summed E-state index contributed by atoms with van der Waals surface area (Å²) in [4.78, 5) is 4.59. The molecule has 0 bridgehead atoms. The number of ether oxygens (including phenoxy) is 1. The van der Waals surface area contributed by atoms with Gasteiger partial charge in [0.15, 0.2) is 5.96 Å². The Bertz CT molecular complexity index is 624. The average Bonchev–Trinajstić information content (AvgIpc) is 3.06. The summed E-state index contributed by atoms with van der Waals surface area (Å²) < 4.78 is 7.80. The minimum Gasteiger partial charge on any atom is -0.489 e. The van der Waals surface area contributed by atoms with Crippen LogP contribution in [0.3, 0.4) is 0 Å². The molecule has 2 aromatic rings. The van der Waals surface area contributed by atoms with E-state index in [1.807, 2.05) is 42.1 Å². The Hall–Kier alpha value is -2.50. The van der Waals surface area contributed by atoms with Crippen LogP contribution in [0.5, 0.6) is 5.75 Å². The third-order valence-electron chi connectivity index (χ3n) is 3.37. The predicted molar refractivity (Wildman–Crippen MR) is 97.5 cm³/mol. The summed E-state index contributed by atoms with van der Waals surface area (Å²) in [5.74, 6) is 1.68. The van der Waals surface area contributed by atoms with Crippen molar-refractivity contribution in [3.05, 3.63) is 48.3 Å². The monoisotopic (exact) mass is 329 g/mol. The van der Waals surface area contributed by atoms with Crippen molar-refractivity contribution in [3.8, 4) is 5.75 Å². The topological polar surface area (TPSA) is 63.5 Å². The summed E-state index contributed by atoms with van der Waals surface area (Å²) in [7, 11) is 0. The molecule has 130 valence electrons. The first-order valence-electron chi connectivity index (χ1n) is 8.40. The molecule has 0 saturated carbocycles. The second-order valence-electron chi connectivity index (χ2n) is 5.66. The molecule has 2 rings (SSSR count). The summed E-state index contributed by atoms with van der Waals surface area (Å²) in [6.45, 7) is 9.11. The second kappa shape index (κ2) is 9.60. The molecule has 0 amide bonds. The molecule has 1 unspecified atom stereocenters. The molecule has 1 aromatic heterocycles. The maximum Gasteiger partial charge on any atom is 0.191 e. The Kier molecular flexibility index (Phi) is 7.14. The number of aromatic nitrogens is 2. The molecular weight excluding hydrogens is 302 g/mol. The number of aliphatic imine (C=N–C) groups is 1. The fraction of sp³-hybridized carbons (Fsp3) is 0.444. The highest BCUT2D eigenvalue weighted by atomic mass is 16.5. The van der Waals surface area contributed by atoms with Gasteiger partial charge in [-0.25, -0.2) is 4.99 Å². The minimum atomic E-state index is 0.00775. The van der Waals surface area contributed by atoms with E-state index in [0.717, 1.165) is 31.3 Å². The van der Waals surface area contributed by atoms with Gasteiger partial charge < -0.3 is 15.4 Å². The van der Waals surface area contributed by atoms with Gasteiger partial charge in [-0.1, -0.05) is 12.1 Å². The summed E-state index contributed by atoms with van der Waals surface area (Å²) >= 11 is 0. The molecule has 1 atom stereocenters. The molecule has 0 fully saturated rings. The third-order valence-corrected chi connectivity index (χ3v) is 3.37. The first kappa shape index (κ1) is 17.8. The molecular formula is C18H27N5O. The summed E-state index contributed by atoms with van der Waals surface area (Å²) in [5.41, 5.74) is 1.19. The van der Waals surface area contributed by atoms with Crippen molar-refractivity contribution in [1.82, 2.24) is 20.4 Å². The van der Waals surface area contributed by atoms with Crippen molar-refractivity contribution in [2.75, 3.05) is 19.6 Å². The van der Waals surface area contributed by atoms with Crippen LogP contribution in [0.1, 0.15) is 19.4 Å². The van der Waals surface area contributed by atoms with Crippen LogP contribution >= 0.6 is 0 Å². The van der Waals surface area contributed by atoms with E-state index in [1.54, 1.807) is 6.20 Å². The Labute approximate surface area is 143 Å². The van der Waals surface area contributed by atoms with E-state index in [-0.39, 0.29) is 6.10 Å². The smallest absolute Gasteiger partial charge is 0.191 e. The maximum atomic E-state index is 5.91. The van der Waals surface area contributed by atoms with E-state index in [0.29, 0.717) is 6.54 Å². The zero-order valence-corrected chi connectivity index (χ0v) is 14.7. The molecule has 0 aliphatic heterocycles. The van der Waals surface area contributed by atoms with Gasteiger partial charge in [-0.3, -0.25) is 4.68 Å². The zero-order chi connectivity index (χ0) is 17.2. The molecule has 1 heterocycles. The highest BCUT2D eigenvalue weighted by Gasteiger charge is 2.05. The first-order chi connectivity index (χ1) is 11.7. The number of guanidine groups is 1. The number of benzene rings is 1. The van der Waals surface area contributed by atoms with Crippen molar-refractivity contribution in [2.45, 2.75) is 33.4 Å². The Morgan fingerprint density at radius 2 is 2.21 bits per heavy atom. The zero-order valence-electron chi connectivity index (χ0n) is 14.7. The molecule has 6 heteroatoms. The number of hydrogen-bond donors (Lipinski definition) is 2. The highest BCUT2D eigenvalue weighted by Crippen LogP contribution is 2.14. The number of rotatable bonds is 8. The molecule has 0 radical (unpaired) electrons. The van der Waals surface area contributed by atoms with Crippen LogP contribution in [0.2, 0.25) is 0 Å². The van der Waals surface area contributed by atoms with E-state index in [9.17, 15) is 0 Å². The van der Waals surface area contributed by atoms with E-state index in [4.69, 9.17) is 4.74 Å². The Morgan fingerprint density at radius 3 is 2.92 bits per heavy atom. The van der Waals surface area contributed by atoms with Gasteiger partial charge >= 0.3 is 0 Å². The third kappa shape index (κ3) is 6.32. The van der Waals surface area contributed by atoms with Gasteiger partial charge in [-0.05, 0) is 44.5 Å². The quantitative estimate of drug-likeness (QED) is 0.576. The van der Waals surface area contributed by atoms with Gasteiger partial charge in [0.05, 0.1) is 13.1 Å². The highest BCUT2D eigenvalue weighted by molar-refractivity contribution is 5.79.